The summed E-state index contributed by atoms with van der Waals surface area (Å²) in [6.45, 7) is 3.25. The van der Waals surface area contributed by atoms with Crippen molar-refractivity contribution in [1.29, 1.82) is 0 Å². The number of nitrogens with zero attached hydrogens (tertiary/aromatic N) is 1. The molecule has 1 aromatic carbocycles. The predicted octanol–water partition coefficient (Wildman–Crippen LogP) is 1.41. The lowest BCUT2D eigenvalue weighted by Crippen LogP contribution is -2.45. The van der Waals surface area contributed by atoms with E-state index in [1.54, 1.807) is 0 Å². The van der Waals surface area contributed by atoms with Crippen molar-refractivity contribution in [3.8, 4) is 0 Å². The maximum absolute atomic E-state index is 12.5. The van der Waals surface area contributed by atoms with E-state index in [2.05, 4.69) is 10.6 Å². The highest BCUT2D eigenvalue weighted by molar-refractivity contribution is 6.08. The number of hydrogen-bond acceptors (Lipinski definition) is 5. The topological polar surface area (TPSA) is 105 Å². The first-order valence-corrected chi connectivity index (χ1v) is 9.47. The normalized spacial score (nSPS) is 18.9. The zero-order valence-electron chi connectivity index (χ0n) is 16.1. The van der Waals surface area contributed by atoms with Crippen molar-refractivity contribution in [3.05, 3.63) is 35.4 Å². The molecule has 2 N–H and O–H groups in total. The number of hydrogen-bond donors (Lipinski definition) is 2. The molecule has 150 valence electrons. The van der Waals surface area contributed by atoms with Crippen LogP contribution in [0.2, 0.25) is 0 Å². The quantitative estimate of drug-likeness (QED) is 0.567. The first-order chi connectivity index (χ1) is 13.3. The zero-order valence-corrected chi connectivity index (χ0v) is 16.1. The third kappa shape index (κ3) is 4.16. The maximum Gasteiger partial charge on any atom is 0.327 e. The maximum atomic E-state index is 12.5. The highest BCUT2D eigenvalue weighted by Gasteiger charge is 2.52. The first kappa shape index (κ1) is 19.9. The van der Waals surface area contributed by atoms with E-state index in [0.29, 0.717) is 19.4 Å². The van der Waals surface area contributed by atoms with Crippen LogP contribution in [0.4, 0.5) is 4.79 Å². The lowest BCUT2D eigenvalue weighted by atomic mass is 9.98. The summed E-state index contributed by atoms with van der Waals surface area (Å²) in [6.07, 6.45) is 1.87. The van der Waals surface area contributed by atoms with Gasteiger partial charge in [-0.1, -0.05) is 42.7 Å². The van der Waals surface area contributed by atoms with Crippen molar-refractivity contribution in [2.45, 2.75) is 57.7 Å². The lowest BCUT2D eigenvalue weighted by molar-refractivity contribution is -0.156. The Balaban J connectivity index is 1.48. The number of nitrogens with one attached hydrogen (secondary N) is 2. The molecule has 0 aromatic heterocycles. The van der Waals surface area contributed by atoms with Crippen LogP contribution < -0.4 is 10.6 Å². The van der Waals surface area contributed by atoms with Gasteiger partial charge in [0, 0.05) is 6.54 Å². The van der Waals surface area contributed by atoms with Crippen LogP contribution in [0.3, 0.4) is 0 Å². The van der Waals surface area contributed by atoms with Crippen LogP contribution in [0, 0.1) is 6.92 Å². The number of urea groups is 1. The van der Waals surface area contributed by atoms with E-state index >= 15 is 0 Å². The highest BCUT2D eigenvalue weighted by atomic mass is 16.5. The zero-order chi connectivity index (χ0) is 20.3. The summed E-state index contributed by atoms with van der Waals surface area (Å²) in [5.74, 6) is -1.63. The molecule has 1 saturated carbocycles. The van der Waals surface area contributed by atoms with Crippen molar-refractivity contribution in [3.63, 3.8) is 0 Å². The molecule has 3 rings (SSSR count). The van der Waals surface area contributed by atoms with Gasteiger partial charge in [0.15, 0.2) is 6.10 Å². The first-order valence-electron chi connectivity index (χ1n) is 9.47. The molecule has 0 bridgehead atoms. The summed E-state index contributed by atoms with van der Waals surface area (Å²) in [7, 11) is 0. The number of benzene rings is 1. The van der Waals surface area contributed by atoms with Crippen LogP contribution in [-0.2, 0) is 25.7 Å². The van der Waals surface area contributed by atoms with Crippen LogP contribution in [-0.4, -0.2) is 46.9 Å². The van der Waals surface area contributed by atoms with Gasteiger partial charge in [-0.25, -0.2) is 4.79 Å². The standard InChI is InChI=1S/C20H25N3O5/c1-13-5-7-15(8-6-13)11-21-17(25)14(2)28-16(24)12-23-18(26)20(22-19(23)27)9-3-4-10-20/h5-8,14H,3-4,9-12H2,1-2H3,(H,21,25)(H,22,27)/t14-/m1/s1. The minimum atomic E-state index is -1.03. The Morgan fingerprint density at radius 3 is 2.50 bits per heavy atom. The number of carbonyl (C=O) groups excluding carboxylic acids is 4. The van der Waals surface area contributed by atoms with Gasteiger partial charge >= 0.3 is 12.0 Å². The van der Waals surface area contributed by atoms with Gasteiger partial charge in [-0.15, -0.1) is 0 Å². The molecule has 8 nitrogen and oxygen atoms in total. The van der Waals surface area contributed by atoms with Crippen LogP contribution in [0.1, 0.15) is 43.7 Å². The fraction of sp³-hybridized carbons (Fsp3) is 0.500. The second kappa shape index (κ2) is 8.00. The van der Waals surface area contributed by atoms with Gasteiger partial charge in [0.1, 0.15) is 12.1 Å². The number of ether oxygens (including phenoxy) is 1. The van der Waals surface area contributed by atoms with Crippen molar-refractivity contribution in [2.75, 3.05) is 6.54 Å². The van der Waals surface area contributed by atoms with E-state index in [0.717, 1.165) is 28.9 Å². The van der Waals surface area contributed by atoms with Crippen LogP contribution in [0.25, 0.3) is 0 Å². The Hall–Kier alpha value is -2.90. The van der Waals surface area contributed by atoms with E-state index in [1.165, 1.54) is 6.92 Å². The summed E-state index contributed by atoms with van der Waals surface area (Å²) < 4.78 is 5.10. The molecule has 2 aliphatic rings. The molecule has 1 saturated heterocycles. The predicted molar refractivity (Wildman–Crippen MR) is 100 cm³/mol. The average Bonchev–Trinajstić information content (AvgIpc) is 3.22. The number of rotatable bonds is 6. The van der Waals surface area contributed by atoms with Gasteiger partial charge in [0.05, 0.1) is 0 Å². The molecule has 28 heavy (non-hydrogen) atoms. The third-order valence-corrected chi connectivity index (χ3v) is 5.26. The average molecular weight is 387 g/mol. The number of carbonyl (C=O) groups is 4. The van der Waals surface area contributed by atoms with Gasteiger partial charge in [-0.2, -0.15) is 0 Å². The molecule has 2 fully saturated rings. The van der Waals surface area contributed by atoms with Crippen LogP contribution >= 0.6 is 0 Å². The monoisotopic (exact) mass is 387 g/mol. The summed E-state index contributed by atoms with van der Waals surface area (Å²) in [5, 5.41) is 5.40. The molecule has 1 aliphatic carbocycles. The van der Waals surface area contributed by atoms with Crippen molar-refractivity contribution >= 4 is 23.8 Å². The second-order valence-corrected chi connectivity index (χ2v) is 7.45. The largest absolute Gasteiger partial charge is 0.451 e. The van der Waals surface area contributed by atoms with Crippen molar-refractivity contribution in [1.82, 2.24) is 15.5 Å². The van der Waals surface area contributed by atoms with Crippen LogP contribution in [0.5, 0.6) is 0 Å². The molecule has 1 spiro atoms. The highest BCUT2D eigenvalue weighted by Crippen LogP contribution is 2.34. The minimum Gasteiger partial charge on any atom is -0.451 e. The third-order valence-electron chi connectivity index (χ3n) is 5.26. The van der Waals surface area contributed by atoms with Gasteiger partial charge in [0.25, 0.3) is 11.8 Å². The van der Waals surface area contributed by atoms with Gasteiger partial charge < -0.3 is 15.4 Å². The SMILES string of the molecule is Cc1ccc(CNC(=O)[C@@H](C)OC(=O)CN2C(=O)NC3(CCCC3)C2=O)cc1. The van der Waals surface area contributed by atoms with Gasteiger partial charge in [-0.3, -0.25) is 19.3 Å². The van der Waals surface area contributed by atoms with Gasteiger partial charge in [-0.05, 0) is 32.3 Å². The number of aryl methyl sites for hydroxylation is 1. The lowest BCUT2D eigenvalue weighted by Gasteiger charge is -2.20. The fourth-order valence-corrected chi connectivity index (χ4v) is 3.59. The molecule has 4 amide bonds. The number of amides is 4. The Kier molecular flexibility index (Phi) is 5.67. The fourth-order valence-electron chi connectivity index (χ4n) is 3.59. The molecule has 0 unspecified atom stereocenters. The Morgan fingerprint density at radius 2 is 1.86 bits per heavy atom. The number of esters is 1. The number of imide groups is 1. The molecule has 1 aromatic rings. The molecular formula is C20H25N3O5. The smallest absolute Gasteiger partial charge is 0.327 e. The molecule has 0 radical (unpaired) electrons. The van der Waals surface area contributed by atoms with E-state index < -0.39 is 36.1 Å². The van der Waals surface area contributed by atoms with E-state index in [-0.39, 0.29) is 5.91 Å². The Bertz CT molecular complexity index is 784. The molecule has 8 heteroatoms. The Morgan fingerprint density at radius 1 is 1.21 bits per heavy atom. The van der Waals surface area contributed by atoms with Crippen molar-refractivity contribution in [2.24, 2.45) is 0 Å². The molecule has 1 aliphatic heterocycles. The second-order valence-electron chi connectivity index (χ2n) is 7.45. The van der Waals surface area contributed by atoms with E-state index in [9.17, 15) is 19.2 Å². The van der Waals surface area contributed by atoms with E-state index in [1.807, 2.05) is 31.2 Å². The molecule has 1 atom stereocenters. The minimum absolute atomic E-state index is 0.316. The van der Waals surface area contributed by atoms with Gasteiger partial charge in [0.2, 0.25) is 0 Å². The summed E-state index contributed by atoms with van der Waals surface area (Å²) in [4.78, 5) is 49.8. The molecular weight excluding hydrogens is 362 g/mol. The van der Waals surface area contributed by atoms with Crippen molar-refractivity contribution < 1.29 is 23.9 Å². The van der Waals surface area contributed by atoms with E-state index in [4.69, 9.17) is 4.74 Å². The molecule has 1 heterocycles. The van der Waals surface area contributed by atoms with Crippen LogP contribution in [0.15, 0.2) is 24.3 Å². The summed E-state index contributed by atoms with van der Waals surface area (Å²) in [6, 6.07) is 7.12. The summed E-state index contributed by atoms with van der Waals surface area (Å²) in [5.41, 5.74) is 1.19. The Labute approximate surface area is 163 Å². The summed E-state index contributed by atoms with van der Waals surface area (Å²) >= 11 is 0.